The van der Waals surface area contributed by atoms with Crippen molar-refractivity contribution in [1.82, 2.24) is 15.5 Å². The number of aromatic nitrogens is 2. The third kappa shape index (κ3) is 4.30. The zero-order chi connectivity index (χ0) is 12.9. The second-order valence-electron chi connectivity index (χ2n) is 4.53. The van der Waals surface area contributed by atoms with Gasteiger partial charge in [0.25, 0.3) is 5.91 Å². The molecule has 5 nitrogen and oxygen atoms in total. The number of rotatable bonds is 6. The van der Waals surface area contributed by atoms with E-state index in [1.807, 2.05) is 20.8 Å². The Morgan fingerprint density at radius 2 is 2.06 bits per heavy atom. The Labute approximate surface area is 106 Å². The highest BCUT2D eigenvalue weighted by Crippen LogP contribution is 2.16. The minimum absolute atomic E-state index is 0.154. The number of nitrogens with zero attached hydrogens (tertiary/aromatic N) is 2. The van der Waals surface area contributed by atoms with Gasteiger partial charge in [-0.25, -0.2) is 0 Å². The van der Waals surface area contributed by atoms with Gasteiger partial charge >= 0.3 is 0 Å². The Morgan fingerprint density at radius 1 is 1.35 bits per heavy atom. The van der Waals surface area contributed by atoms with E-state index in [4.69, 9.17) is 0 Å². The van der Waals surface area contributed by atoms with Gasteiger partial charge in [0.1, 0.15) is 0 Å². The molecule has 0 atom stereocenters. The van der Waals surface area contributed by atoms with Crippen molar-refractivity contribution in [2.75, 3.05) is 11.9 Å². The van der Waals surface area contributed by atoms with Crippen molar-refractivity contribution in [3.8, 4) is 0 Å². The van der Waals surface area contributed by atoms with Crippen molar-refractivity contribution in [1.29, 1.82) is 0 Å². The second-order valence-corrected chi connectivity index (χ2v) is 5.51. The highest BCUT2D eigenvalue weighted by Gasteiger charge is 2.21. The molecule has 0 fully saturated rings. The molecule has 6 heteroatoms. The summed E-state index contributed by atoms with van der Waals surface area (Å²) in [4.78, 5) is 11.9. The molecule has 0 bridgehead atoms. The monoisotopic (exact) mass is 256 g/mol. The average molecular weight is 256 g/mol. The predicted octanol–water partition coefficient (Wildman–Crippen LogP) is 2.28. The van der Waals surface area contributed by atoms with E-state index in [0.29, 0.717) is 10.1 Å². The number of amides is 1. The van der Waals surface area contributed by atoms with Crippen LogP contribution in [0.2, 0.25) is 0 Å². The molecule has 17 heavy (non-hydrogen) atoms. The quantitative estimate of drug-likeness (QED) is 0.819. The number of anilines is 1. The van der Waals surface area contributed by atoms with E-state index in [2.05, 4.69) is 27.8 Å². The summed E-state index contributed by atoms with van der Waals surface area (Å²) in [6.07, 6.45) is 1.89. The molecule has 0 aliphatic heterocycles. The lowest BCUT2D eigenvalue weighted by Gasteiger charge is -2.23. The molecule has 1 aromatic rings. The first-order valence-corrected chi connectivity index (χ1v) is 6.70. The van der Waals surface area contributed by atoms with Gasteiger partial charge < -0.3 is 10.6 Å². The van der Waals surface area contributed by atoms with E-state index in [1.165, 1.54) is 11.3 Å². The lowest BCUT2D eigenvalue weighted by atomic mass is 10.0. The fourth-order valence-electron chi connectivity index (χ4n) is 1.07. The summed E-state index contributed by atoms with van der Waals surface area (Å²) in [5.41, 5.74) is -0.209. The zero-order valence-electron chi connectivity index (χ0n) is 10.8. The second kappa shape index (κ2) is 5.95. The van der Waals surface area contributed by atoms with Gasteiger partial charge in [-0.3, -0.25) is 4.79 Å². The van der Waals surface area contributed by atoms with Crippen molar-refractivity contribution in [2.24, 2.45) is 0 Å². The van der Waals surface area contributed by atoms with E-state index in [9.17, 15) is 4.79 Å². The molecule has 1 amide bonds. The van der Waals surface area contributed by atoms with Crippen LogP contribution in [0.1, 0.15) is 50.3 Å². The molecule has 1 heterocycles. The number of carbonyl (C=O) groups is 1. The van der Waals surface area contributed by atoms with Crippen LogP contribution in [0.15, 0.2) is 0 Å². The Balaban J connectivity index is 2.60. The first-order valence-electron chi connectivity index (χ1n) is 5.88. The first kappa shape index (κ1) is 13.9. The van der Waals surface area contributed by atoms with Crippen molar-refractivity contribution in [2.45, 2.75) is 46.1 Å². The Morgan fingerprint density at radius 3 is 2.65 bits per heavy atom. The standard InChI is InChI=1S/C11H20N4OS/c1-5-7-12-10-15-14-9(17-10)8(16)13-11(3,4)6-2/h5-7H2,1-4H3,(H,12,15)(H,13,16). The van der Waals surface area contributed by atoms with Gasteiger partial charge in [-0.1, -0.05) is 25.2 Å². The van der Waals surface area contributed by atoms with Crippen LogP contribution in [0.3, 0.4) is 0 Å². The molecule has 1 rings (SSSR count). The lowest BCUT2D eigenvalue weighted by molar-refractivity contribution is 0.0910. The number of nitrogens with one attached hydrogen (secondary N) is 2. The fourth-order valence-corrected chi connectivity index (χ4v) is 1.73. The topological polar surface area (TPSA) is 66.9 Å². The van der Waals surface area contributed by atoms with Crippen LogP contribution in [0.5, 0.6) is 0 Å². The molecular weight excluding hydrogens is 236 g/mol. The summed E-state index contributed by atoms with van der Waals surface area (Å²) in [5, 5.41) is 15.0. The molecule has 0 saturated heterocycles. The summed E-state index contributed by atoms with van der Waals surface area (Å²) < 4.78 is 0. The number of carbonyl (C=O) groups excluding carboxylic acids is 1. The highest BCUT2D eigenvalue weighted by atomic mass is 32.1. The van der Waals surface area contributed by atoms with Gasteiger partial charge in [0, 0.05) is 12.1 Å². The van der Waals surface area contributed by atoms with Crippen molar-refractivity contribution >= 4 is 22.4 Å². The van der Waals surface area contributed by atoms with Gasteiger partial charge in [0.05, 0.1) is 0 Å². The molecule has 96 valence electrons. The zero-order valence-corrected chi connectivity index (χ0v) is 11.6. The molecule has 0 saturated carbocycles. The molecule has 0 aliphatic carbocycles. The SMILES string of the molecule is CCCNc1nnc(C(=O)NC(C)(C)CC)s1. The summed E-state index contributed by atoms with van der Waals surface area (Å²) in [5.74, 6) is -0.154. The molecule has 0 spiro atoms. The molecule has 1 aromatic heterocycles. The molecule has 0 unspecified atom stereocenters. The maximum absolute atomic E-state index is 11.9. The summed E-state index contributed by atoms with van der Waals surface area (Å²) in [7, 11) is 0. The number of hydrogen-bond acceptors (Lipinski definition) is 5. The molecule has 0 aromatic carbocycles. The summed E-state index contributed by atoms with van der Waals surface area (Å²) in [6.45, 7) is 8.93. The van der Waals surface area contributed by atoms with E-state index < -0.39 is 0 Å². The maximum atomic E-state index is 11.9. The molecule has 2 N–H and O–H groups in total. The average Bonchev–Trinajstić information content (AvgIpc) is 2.74. The lowest BCUT2D eigenvalue weighted by Crippen LogP contribution is -2.42. The Kier molecular flexibility index (Phi) is 4.86. The van der Waals surface area contributed by atoms with E-state index >= 15 is 0 Å². The van der Waals surface area contributed by atoms with Gasteiger partial charge in [0.15, 0.2) is 0 Å². The van der Waals surface area contributed by atoms with Crippen LogP contribution in [0.4, 0.5) is 5.13 Å². The van der Waals surface area contributed by atoms with E-state index in [1.54, 1.807) is 0 Å². The fraction of sp³-hybridized carbons (Fsp3) is 0.727. The van der Waals surface area contributed by atoms with Gasteiger partial charge in [-0.2, -0.15) is 0 Å². The van der Waals surface area contributed by atoms with Gasteiger partial charge in [-0.15, -0.1) is 10.2 Å². The van der Waals surface area contributed by atoms with Crippen LogP contribution >= 0.6 is 11.3 Å². The third-order valence-electron chi connectivity index (χ3n) is 2.48. The predicted molar refractivity (Wildman–Crippen MR) is 70.5 cm³/mol. The third-order valence-corrected chi connectivity index (χ3v) is 3.36. The highest BCUT2D eigenvalue weighted by molar-refractivity contribution is 7.17. The molecule has 0 radical (unpaired) electrons. The summed E-state index contributed by atoms with van der Waals surface area (Å²) in [6, 6.07) is 0. The van der Waals surface area contributed by atoms with Gasteiger partial charge in [0.2, 0.25) is 10.1 Å². The normalized spacial score (nSPS) is 11.3. The van der Waals surface area contributed by atoms with Crippen molar-refractivity contribution in [3.05, 3.63) is 5.01 Å². The van der Waals surface area contributed by atoms with E-state index in [0.717, 1.165) is 19.4 Å². The summed E-state index contributed by atoms with van der Waals surface area (Å²) >= 11 is 1.29. The van der Waals surface area contributed by atoms with Crippen LogP contribution in [-0.4, -0.2) is 28.2 Å². The minimum atomic E-state index is -0.209. The van der Waals surface area contributed by atoms with Crippen LogP contribution in [-0.2, 0) is 0 Å². The first-order chi connectivity index (χ1) is 7.98. The minimum Gasteiger partial charge on any atom is -0.360 e. The Hall–Kier alpha value is -1.17. The number of hydrogen-bond donors (Lipinski definition) is 2. The van der Waals surface area contributed by atoms with Crippen molar-refractivity contribution < 1.29 is 4.79 Å². The Bertz CT molecular complexity index is 375. The maximum Gasteiger partial charge on any atom is 0.282 e. The van der Waals surface area contributed by atoms with Crippen molar-refractivity contribution in [3.63, 3.8) is 0 Å². The van der Waals surface area contributed by atoms with Gasteiger partial charge in [-0.05, 0) is 26.7 Å². The smallest absolute Gasteiger partial charge is 0.282 e. The molecular formula is C11H20N4OS. The van der Waals surface area contributed by atoms with Crippen LogP contribution < -0.4 is 10.6 Å². The van der Waals surface area contributed by atoms with Crippen LogP contribution in [0.25, 0.3) is 0 Å². The molecule has 0 aliphatic rings. The van der Waals surface area contributed by atoms with Crippen LogP contribution in [0, 0.1) is 0 Å². The largest absolute Gasteiger partial charge is 0.360 e. The van der Waals surface area contributed by atoms with E-state index in [-0.39, 0.29) is 11.4 Å².